The molecule has 1 N–H and O–H groups in total. The Bertz CT molecular complexity index is 872. The van der Waals surface area contributed by atoms with Crippen molar-refractivity contribution in [3.63, 3.8) is 0 Å². The number of carbonyl (C=O) groups is 1. The lowest BCUT2D eigenvalue weighted by molar-refractivity contribution is 0.102. The fraction of sp³-hybridized carbons (Fsp3) is 0.333. The molecule has 0 radical (unpaired) electrons. The lowest BCUT2D eigenvalue weighted by atomic mass is 10.1. The van der Waals surface area contributed by atoms with Gasteiger partial charge in [-0.1, -0.05) is 17.7 Å². The van der Waals surface area contributed by atoms with Gasteiger partial charge in [0, 0.05) is 31.7 Å². The number of pyridine rings is 1. The first-order chi connectivity index (χ1) is 12.3. The molecule has 1 saturated heterocycles. The van der Waals surface area contributed by atoms with E-state index in [1.165, 1.54) is 10.6 Å². The minimum Gasteiger partial charge on any atom is -0.354 e. The van der Waals surface area contributed by atoms with Crippen LogP contribution in [0.2, 0.25) is 0 Å². The highest BCUT2D eigenvalue weighted by atomic mass is 32.2. The second kappa shape index (κ2) is 7.43. The Morgan fingerprint density at radius 1 is 1.04 bits per heavy atom. The quantitative estimate of drug-likeness (QED) is 0.881. The summed E-state index contributed by atoms with van der Waals surface area (Å²) in [6.45, 7) is 4.06. The standard InChI is InChI=1S/C18H22N4O3S/c1-14-3-5-15(6-4-14)18(23)20-16-7-8-17(19-13-16)21-9-11-22(12-10-21)26(2,24)25/h3-8,13H,9-12H2,1-2H3,(H,20,23). The van der Waals surface area contributed by atoms with Crippen LogP contribution in [-0.4, -0.2) is 56.0 Å². The summed E-state index contributed by atoms with van der Waals surface area (Å²) in [6, 6.07) is 11.0. The number of aryl methyl sites for hydroxylation is 1. The molecule has 1 amide bonds. The van der Waals surface area contributed by atoms with Crippen molar-refractivity contribution < 1.29 is 13.2 Å². The van der Waals surface area contributed by atoms with Crippen LogP contribution in [0.4, 0.5) is 11.5 Å². The van der Waals surface area contributed by atoms with Crippen molar-refractivity contribution in [3.05, 3.63) is 53.7 Å². The van der Waals surface area contributed by atoms with Gasteiger partial charge < -0.3 is 10.2 Å². The minimum atomic E-state index is -3.14. The van der Waals surface area contributed by atoms with E-state index in [2.05, 4.69) is 10.3 Å². The molecule has 0 unspecified atom stereocenters. The number of carbonyl (C=O) groups excluding carboxylic acids is 1. The highest BCUT2D eigenvalue weighted by Crippen LogP contribution is 2.17. The highest BCUT2D eigenvalue weighted by Gasteiger charge is 2.23. The van der Waals surface area contributed by atoms with E-state index < -0.39 is 10.0 Å². The molecule has 1 aliphatic heterocycles. The van der Waals surface area contributed by atoms with Crippen LogP contribution in [0.5, 0.6) is 0 Å². The van der Waals surface area contributed by atoms with E-state index in [1.807, 2.05) is 30.0 Å². The third-order valence-corrected chi connectivity index (χ3v) is 5.65. The molecular weight excluding hydrogens is 352 g/mol. The second-order valence-corrected chi connectivity index (χ2v) is 8.36. The largest absolute Gasteiger partial charge is 0.354 e. The minimum absolute atomic E-state index is 0.179. The van der Waals surface area contributed by atoms with Crippen LogP contribution >= 0.6 is 0 Å². The monoisotopic (exact) mass is 374 g/mol. The topological polar surface area (TPSA) is 82.6 Å². The SMILES string of the molecule is Cc1ccc(C(=O)Nc2ccc(N3CCN(S(C)(=O)=O)CC3)nc2)cc1. The predicted molar refractivity (Wildman–Crippen MR) is 102 cm³/mol. The smallest absolute Gasteiger partial charge is 0.255 e. The molecule has 26 heavy (non-hydrogen) atoms. The van der Waals surface area contributed by atoms with Crippen molar-refractivity contribution in [3.8, 4) is 0 Å². The van der Waals surface area contributed by atoms with Gasteiger partial charge in [-0.25, -0.2) is 13.4 Å². The summed E-state index contributed by atoms with van der Waals surface area (Å²) in [5.74, 6) is 0.591. The number of hydrogen-bond acceptors (Lipinski definition) is 5. The molecule has 1 aromatic carbocycles. The van der Waals surface area contributed by atoms with Gasteiger partial charge in [0.2, 0.25) is 10.0 Å². The van der Waals surface area contributed by atoms with Gasteiger partial charge in [0.05, 0.1) is 18.1 Å². The number of piperazine rings is 1. The Kier molecular flexibility index (Phi) is 5.24. The second-order valence-electron chi connectivity index (χ2n) is 6.37. The molecule has 3 rings (SSSR count). The number of amides is 1. The van der Waals surface area contributed by atoms with Gasteiger partial charge in [-0.15, -0.1) is 0 Å². The Balaban J connectivity index is 1.60. The van der Waals surface area contributed by atoms with Crippen LogP contribution < -0.4 is 10.2 Å². The van der Waals surface area contributed by atoms with Gasteiger partial charge in [-0.05, 0) is 31.2 Å². The first-order valence-corrected chi connectivity index (χ1v) is 10.2. The fourth-order valence-electron chi connectivity index (χ4n) is 2.80. The third-order valence-electron chi connectivity index (χ3n) is 4.35. The van der Waals surface area contributed by atoms with E-state index in [0.717, 1.165) is 11.4 Å². The van der Waals surface area contributed by atoms with Crippen molar-refractivity contribution in [2.24, 2.45) is 0 Å². The van der Waals surface area contributed by atoms with Crippen LogP contribution in [0.3, 0.4) is 0 Å². The fourth-order valence-corrected chi connectivity index (χ4v) is 3.63. The summed E-state index contributed by atoms with van der Waals surface area (Å²) in [6.07, 6.45) is 2.84. The summed E-state index contributed by atoms with van der Waals surface area (Å²) in [4.78, 5) is 18.7. The number of sulfonamides is 1. The van der Waals surface area contributed by atoms with Crippen LogP contribution in [-0.2, 0) is 10.0 Å². The molecular formula is C18H22N4O3S. The highest BCUT2D eigenvalue weighted by molar-refractivity contribution is 7.88. The number of nitrogens with one attached hydrogen (secondary N) is 1. The first kappa shape index (κ1) is 18.3. The van der Waals surface area contributed by atoms with Gasteiger partial charge >= 0.3 is 0 Å². The number of anilines is 2. The molecule has 8 heteroatoms. The lowest BCUT2D eigenvalue weighted by Gasteiger charge is -2.33. The number of benzene rings is 1. The maximum absolute atomic E-state index is 12.2. The average Bonchev–Trinajstić information content (AvgIpc) is 2.62. The number of hydrogen-bond donors (Lipinski definition) is 1. The molecule has 2 heterocycles. The summed E-state index contributed by atoms with van der Waals surface area (Å²) in [5.41, 5.74) is 2.31. The van der Waals surface area contributed by atoms with Crippen molar-refractivity contribution in [1.82, 2.24) is 9.29 Å². The number of aromatic nitrogens is 1. The molecule has 0 saturated carbocycles. The average molecular weight is 374 g/mol. The van der Waals surface area contributed by atoms with Crippen molar-refractivity contribution in [2.75, 3.05) is 42.7 Å². The summed E-state index contributed by atoms with van der Waals surface area (Å²) >= 11 is 0. The molecule has 0 spiro atoms. The maximum Gasteiger partial charge on any atom is 0.255 e. The zero-order valence-corrected chi connectivity index (χ0v) is 15.7. The van der Waals surface area contributed by atoms with Crippen molar-refractivity contribution >= 4 is 27.4 Å². The summed E-state index contributed by atoms with van der Waals surface area (Å²) in [5, 5.41) is 2.83. The lowest BCUT2D eigenvalue weighted by Crippen LogP contribution is -2.48. The summed E-state index contributed by atoms with van der Waals surface area (Å²) < 4.78 is 24.6. The Morgan fingerprint density at radius 2 is 1.69 bits per heavy atom. The van der Waals surface area contributed by atoms with Gasteiger partial charge in [0.15, 0.2) is 0 Å². The van der Waals surface area contributed by atoms with E-state index in [0.29, 0.717) is 37.4 Å². The van der Waals surface area contributed by atoms with Crippen LogP contribution in [0.15, 0.2) is 42.6 Å². The first-order valence-electron chi connectivity index (χ1n) is 8.37. The Labute approximate surface area is 153 Å². The Hall–Kier alpha value is -2.45. The number of nitrogens with zero attached hydrogens (tertiary/aromatic N) is 3. The summed E-state index contributed by atoms with van der Waals surface area (Å²) in [7, 11) is -3.14. The van der Waals surface area contributed by atoms with Crippen molar-refractivity contribution in [2.45, 2.75) is 6.92 Å². The molecule has 1 fully saturated rings. The Morgan fingerprint density at radius 3 is 2.23 bits per heavy atom. The molecule has 0 aliphatic carbocycles. The van der Waals surface area contributed by atoms with Gasteiger partial charge in [-0.3, -0.25) is 4.79 Å². The predicted octanol–water partition coefficient (Wildman–Crippen LogP) is 1.72. The molecule has 2 aromatic rings. The van der Waals surface area contributed by atoms with Gasteiger partial charge in [0.25, 0.3) is 5.91 Å². The van der Waals surface area contributed by atoms with Crippen LogP contribution in [0.25, 0.3) is 0 Å². The van der Waals surface area contributed by atoms with E-state index in [4.69, 9.17) is 0 Å². The van der Waals surface area contributed by atoms with E-state index in [-0.39, 0.29) is 5.91 Å². The van der Waals surface area contributed by atoms with Crippen LogP contribution in [0, 0.1) is 6.92 Å². The van der Waals surface area contributed by atoms with Crippen LogP contribution in [0.1, 0.15) is 15.9 Å². The van der Waals surface area contributed by atoms with Crippen molar-refractivity contribution in [1.29, 1.82) is 0 Å². The zero-order chi connectivity index (χ0) is 18.7. The number of rotatable bonds is 4. The molecule has 138 valence electrons. The zero-order valence-electron chi connectivity index (χ0n) is 14.8. The molecule has 0 atom stereocenters. The third kappa shape index (κ3) is 4.39. The van der Waals surface area contributed by atoms with E-state index >= 15 is 0 Å². The van der Waals surface area contributed by atoms with Gasteiger partial charge in [0.1, 0.15) is 5.82 Å². The molecule has 7 nitrogen and oxygen atoms in total. The molecule has 1 aliphatic rings. The van der Waals surface area contributed by atoms with E-state index in [1.54, 1.807) is 24.4 Å². The normalized spacial score (nSPS) is 15.7. The van der Waals surface area contributed by atoms with Gasteiger partial charge in [-0.2, -0.15) is 4.31 Å². The molecule has 0 bridgehead atoms. The maximum atomic E-state index is 12.2. The molecule has 1 aromatic heterocycles. The van der Waals surface area contributed by atoms with E-state index in [9.17, 15) is 13.2 Å².